The second-order valence-corrected chi connectivity index (χ2v) is 7.51. The van der Waals surface area contributed by atoms with Crippen LogP contribution < -0.4 is 4.90 Å². The number of carbonyl (C=O) groups excluding carboxylic acids is 1. The molecule has 2 heterocycles. The second kappa shape index (κ2) is 7.28. The van der Waals surface area contributed by atoms with E-state index in [2.05, 4.69) is 0 Å². The molecule has 3 aromatic rings. The summed E-state index contributed by atoms with van der Waals surface area (Å²) in [6.07, 6.45) is -3.70. The van der Waals surface area contributed by atoms with Gasteiger partial charge in [-0.3, -0.25) is 0 Å². The Morgan fingerprint density at radius 2 is 1.93 bits per heavy atom. The van der Waals surface area contributed by atoms with E-state index in [1.54, 1.807) is 17.9 Å². The highest BCUT2D eigenvalue weighted by Gasteiger charge is 2.42. The Balaban J connectivity index is 1.89. The topological polar surface area (TPSA) is 34.5 Å². The number of ether oxygens (including phenoxy) is 1. The van der Waals surface area contributed by atoms with E-state index >= 15 is 0 Å². The van der Waals surface area contributed by atoms with Crippen molar-refractivity contribution in [1.82, 2.24) is 4.57 Å². The molecule has 154 valence electrons. The van der Waals surface area contributed by atoms with Gasteiger partial charge in [0.15, 0.2) is 0 Å². The zero-order chi connectivity index (χ0) is 20.8. The van der Waals surface area contributed by atoms with Crippen molar-refractivity contribution < 1.29 is 22.7 Å². The summed E-state index contributed by atoms with van der Waals surface area (Å²) in [5.41, 5.74) is 2.71. The maximum absolute atomic E-state index is 13.3. The fourth-order valence-corrected chi connectivity index (χ4v) is 4.29. The van der Waals surface area contributed by atoms with Gasteiger partial charge in [-0.2, -0.15) is 13.2 Å². The summed E-state index contributed by atoms with van der Waals surface area (Å²) in [6, 6.07) is 11.4. The van der Waals surface area contributed by atoms with Crippen molar-refractivity contribution in [1.29, 1.82) is 0 Å². The number of hydrogen-bond acceptors (Lipinski definition) is 3. The zero-order valence-corrected chi connectivity index (χ0v) is 16.4. The summed E-state index contributed by atoms with van der Waals surface area (Å²) >= 11 is 0. The minimum absolute atomic E-state index is 0.116. The van der Waals surface area contributed by atoms with E-state index in [4.69, 9.17) is 4.74 Å². The number of fused-ring (bicyclic) bond motifs is 3. The first-order valence-electron chi connectivity index (χ1n) is 9.81. The molecule has 1 aliphatic heterocycles. The molecule has 1 fully saturated rings. The predicted molar refractivity (Wildman–Crippen MR) is 107 cm³/mol. The van der Waals surface area contributed by atoms with Gasteiger partial charge in [-0.05, 0) is 38.0 Å². The second-order valence-electron chi connectivity index (χ2n) is 7.51. The molecule has 1 unspecified atom stereocenters. The number of halogens is 3. The molecule has 0 bridgehead atoms. The predicted octanol–water partition coefficient (Wildman–Crippen LogP) is 5.29. The van der Waals surface area contributed by atoms with E-state index in [9.17, 15) is 18.0 Å². The number of alkyl halides is 3. The average molecular weight is 404 g/mol. The van der Waals surface area contributed by atoms with Crippen LogP contribution in [0.2, 0.25) is 0 Å². The Labute approximate surface area is 166 Å². The van der Waals surface area contributed by atoms with E-state index in [0.29, 0.717) is 24.2 Å². The van der Waals surface area contributed by atoms with E-state index in [1.165, 1.54) is 0 Å². The lowest BCUT2D eigenvalue weighted by molar-refractivity contribution is -0.175. The van der Waals surface area contributed by atoms with Crippen LogP contribution in [-0.2, 0) is 11.8 Å². The molecule has 0 N–H and O–H groups in total. The summed E-state index contributed by atoms with van der Waals surface area (Å²) in [6.45, 7) is 2.26. The van der Waals surface area contributed by atoms with Gasteiger partial charge in [0.2, 0.25) is 0 Å². The lowest BCUT2D eigenvalue weighted by Gasteiger charge is -2.36. The largest absolute Gasteiger partial charge is 0.462 e. The zero-order valence-electron chi connectivity index (χ0n) is 16.4. The smallest absolute Gasteiger partial charge is 0.393 e. The van der Waals surface area contributed by atoms with Crippen LogP contribution >= 0.6 is 0 Å². The maximum Gasteiger partial charge on any atom is 0.393 e. The van der Waals surface area contributed by atoms with Crippen molar-refractivity contribution in [3.8, 4) is 0 Å². The van der Waals surface area contributed by atoms with Crippen LogP contribution in [0.3, 0.4) is 0 Å². The average Bonchev–Trinajstić information content (AvgIpc) is 2.99. The van der Waals surface area contributed by atoms with Crippen LogP contribution in [0, 0.1) is 5.92 Å². The Morgan fingerprint density at radius 3 is 2.66 bits per heavy atom. The van der Waals surface area contributed by atoms with Gasteiger partial charge < -0.3 is 14.2 Å². The number of aryl methyl sites for hydroxylation is 1. The highest BCUT2D eigenvalue weighted by atomic mass is 19.4. The van der Waals surface area contributed by atoms with Gasteiger partial charge in [0.05, 0.1) is 29.3 Å². The molecular formula is C22H23F3N2O2. The van der Waals surface area contributed by atoms with Gasteiger partial charge in [0, 0.05) is 36.4 Å². The molecule has 1 aromatic heterocycles. The van der Waals surface area contributed by atoms with E-state index in [0.717, 1.165) is 21.8 Å². The molecule has 0 radical (unpaired) electrons. The third-order valence-electron chi connectivity index (χ3n) is 5.75. The summed E-state index contributed by atoms with van der Waals surface area (Å²) < 4.78 is 47.3. The van der Waals surface area contributed by atoms with Crippen molar-refractivity contribution in [3.05, 3.63) is 42.0 Å². The van der Waals surface area contributed by atoms with E-state index in [1.807, 2.05) is 41.9 Å². The monoisotopic (exact) mass is 404 g/mol. The van der Waals surface area contributed by atoms with Crippen LogP contribution in [0.1, 0.15) is 30.1 Å². The summed E-state index contributed by atoms with van der Waals surface area (Å²) in [5.74, 6) is -1.90. The first-order chi connectivity index (χ1) is 13.8. The Bertz CT molecular complexity index is 1070. The summed E-state index contributed by atoms with van der Waals surface area (Å²) in [4.78, 5) is 14.4. The number of piperidine rings is 1. The molecule has 0 saturated carbocycles. The Hall–Kier alpha value is -2.70. The molecule has 0 aliphatic carbocycles. The lowest BCUT2D eigenvalue weighted by Crippen LogP contribution is -2.42. The van der Waals surface area contributed by atoms with Gasteiger partial charge >= 0.3 is 12.1 Å². The molecule has 7 heteroatoms. The third kappa shape index (κ3) is 3.43. The molecule has 1 aliphatic rings. The highest BCUT2D eigenvalue weighted by molar-refractivity contribution is 6.12. The molecule has 4 nitrogen and oxygen atoms in total. The molecular weight excluding hydrogens is 381 g/mol. The molecule has 0 spiro atoms. The van der Waals surface area contributed by atoms with Crippen molar-refractivity contribution >= 4 is 33.5 Å². The SMILES string of the molecule is CCOC(=O)c1cc2c3ccccc3n(C)c2cc1N1CCCC(C(F)(F)F)C1. The molecule has 4 rings (SSSR count). The van der Waals surface area contributed by atoms with Gasteiger partial charge in [0.25, 0.3) is 0 Å². The fraction of sp³-hybridized carbons (Fsp3) is 0.409. The molecule has 1 saturated heterocycles. The minimum atomic E-state index is -4.24. The number of carbonyl (C=O) groups is 1. The molecule has 1 atom stereocenters. The van der Waals surface area contributed by atoms with E-state index in [-0.39, 0.29) is 19.6 Å². The van der Waals surface area contributed by atoms with Crippen LogP contribution in [0.15, 0.2) is 36.4 Å². The van der Waals surface area contributed by atoms with Gasteiger partial charge in [-0.1, -0.05) is 18.2 Å². The van der Waals surface area contributed by atoms with Crippen molar-refractivity contribution in [2.24, 2.45) is 13.0 Å². The number of nitrogens with zero attached hydrogens (tertiary/aromatic N) is 2. The number of para-hydroxylation sites is 1. The molecule has 0 amide bonds. The van der Waals surface area contributed by atoms with Crippen LogP contribution in [0.5, 0.6) is 0 Å². The summed E-state index contributed by atoms with van der Waals surface area (Å²) in [5, 5.41) is 1.88. The molecule has 2 aromatic carbocycles. The standard InChI is InChI=1S/C22H23F3N2O2/c1-3-29-21(28)17-11-16-15-8-4-5-9-18(15)26(2)19(16)12-20(17)27-10-6-7-14(13-27)22(23,24)25/h4-5,8-9,11-12,14H,3,6-7,10,13H2,1-2H3. The maximum atomic E-state index is 13.3. The number of hydrogen-bond donors (Lipinski definition) is 0. The third-order valence-corrected chi connectivity index (χ3v) is 5.75. The van der Waals surface area contributed by atoms with Crippen LogP contribution in [0.4, 0.5) is 18.9 Å². The molecule has 29 heavy (non-hydrogen) atoms. The quantitative estimate of drug-likeness (QED) is 0.557. The number of aromatic nitrogens is 1. The number of benzene rings is 2. The Kier molecular flexibility index (Phi) is 4.92. The summed E-state index contributed by atoms with van der Waals surface area (Å²) in [7, 11) is 1.92. The van der Waals surface area contributed by atoms with Gasteiger partial charge in [-0.25, -0.2) is 4.79 Å². The number of esters is 1. The number of anilines is 1. The van der Waals surface area contributed by atoms with Gasteiger partial charge in [-0.15, -0.1) is 0 Å². The highest BCUT2D eigenvalue weighted by Crippen LogP contribution is 2.38. The van der Waals surface area contributed by atoms with Crippen molar-refractivity contribution in [2.75, 3.05) is 24.6 Å². The van der Waals surface area contributed by atoms with Crippen LogP contribution in [-0.4, -0.2) is 36.4 Å². The normalized spacial score (nSPS) is 17.8. The number of rotatable bonds is 3. The Morgan fingerprint density at radius 1 is 1.17 bits per heavy atom. The fourth-order valence-electron chi connectivity index (χ4n) is 4.29. The van der Waals surface area contributed by atoms with Crippen molar-refractivity contribution in [3.63, 3.8) is 0 Å². The lowest BCUT2D eigenvalue weighted by atomic mass is 9.96. The first-order valence-corrected chi connectivity index (χ1v) is 9.81. The van der Waals surface area contributed by atoms with Crippen LogP contribution in [0.25, 0.3) is 21.8 Å². The minimum Gasteiger partial charge on any atom is -0.462 e. The van der Waals surface area contributed by atoms with Gasteiger partial charge in [0.1, 0.15) is 0 Å². The van der Waals surface area contributed by atoms with E-state index < -0.39 is 18.1 Å². The first kappa shape index (κ1) is 19.6. The van der Waals surface area contributed by atoms with Crippen molar-refractivity contribution in [2.45, 2.75) is 25.9 Å².